The van der Waals surface area contributed by atoms with Crippen LogP contribution in [-0.4, -0.2) is 9.49 Å². The number of diazo groups is 1. The van der Waals surface area contributed by atoms with Gasteiger partial charge in [-0.25, -0.2) is 0 Å². The number of hydrogen-bond donors (Lipinski definition) is 1. The van der Waals surface area contributed by atoms with Crippen molar-refractivity contribution in [3.8, 4) is 0 Å². The van der Waals surface area contributed by atoms with Crippen LogP contribution in [0.3, 0.4) is 0 Å². The Labute approximate surface area is 148 Å². The predicted octanol–water partition coefficient (Wildman–Crippen LogP) is 6.27. The van der Waals surface area contributed by atoms with Gasteiger partial charge in [0.05, 0.1) is 5.56 Å². The van der Waals surface area contributed by atoms with Crippen molar-refractivity contribution in [3.05, 3.63) is 32.7 Å². The molecule has 0 aromatic heterocycles. The van der Waals surface area contributed by atoms with Crippen molar-refractivity contribution in [2.75, 3.05) is 0 Å². The minimum atomic E-state index is 0.381. The van der Waals surface area contributed by atoms with Crippen LogP contribution in [0.25, 0.3) is 4.98 Å². The van der Waals surface area contributed by atoms with Crippen molar-refractivity contribution in [1.82, 2.24) is 0 Å². The Hall–Kier alpha value is -0.570. The zero-order valence-corrected chi connectivity index (χ0v) is 17.2. The molecular weight excluding hydrogens is 358 g/mol. The van der Waals surface area contributed by atoms with Crippen LogP contribution < -0.4 is 5.73 Å². The molecule has 124 valence electrons. The van der Waals surface area contributed by atoms with Gasteiger partial charge < -0.3 is 5.73 Å². The van der Waals surface area contributed by atoms with Crippen molar-refractivity contribution in [1.29, 1.82) is 5.39 Å². The number of benzene rings is 1. The third kappa shape index (κ3) is 8.77. The van der Waals surface area contributed by atoms with Gasteiger partial charge in [0, 0.05) is 26.1 Å². The average molecular weight is 387 g/mol. The quantitative estimate of drug-likeness (QED) is 0.608. The maximum Gasteiger partial charge on any atom is 0.392 e. The van der Waals surface area contributed by atoms with E-state index in [2.05, 4.69) is 62.4 Å². The molecule has 0 heterocycles. The summed E-state index contributed by atoms with van der Waals surface area (Å²) in [5, 5.41) is 8.81. The van der Waals surface area contributed by atoms with Gasteiger partial charge in [-0.3, -0.25) is 0 Å². The molecule has 5 heteroatoms. The summed E-state index contributed by atoms with van der Waals surface area (Å²) in [5.41, 5.74) is 7.98. The van der Waals surface area contributed by atoms with E-state index in [4.69, 9.17) is 11.1 Å². The summed E-state index contributed by atoms with van der Waals surface area (Å²) in [4.78, 5) is 3.25. The summed E-state index contributed by atoms with van der Waals surface area (Å²) >= 11 is 5.39. The molecule has 0 aliphatic rings. The van der Waals surface area contributed by atoms with E-state index in [9.17, 15) is 0 Å². The molecule has 0 spiro atoms. The number of rotatable bonds is 2. The van der Waals surface area contributed by atoms with Gasteiger partial charge in [0.25, 0.3) is 0 Å². The first-order valence-corrected chi connectivity index (χ1v) is 9.11. The second-order valence-electron chi connectivity index (χ2n) is 7.06. The molecule has 0 bridgehead atoms. The van der Waals surface area contributed by atoms with Gasteiger partial charge in [-0.05, 0) is 18.6 Å². The minimum Gasteiger partial charge on any atom is -0.326 e. The highest BCUT2D eigenvalue weighted by atomic mass is 79.9. The summed E-state index contributed by atoms with van der Waals surface area (Å²) in [6.07, 6.45) is 0.825. The van der Waals surface area contributed by atoms with E-state index in [0.29, 0.717) is 21.7 Å². The molecule has 0 amide bonds. The SMILES string of the molecule is CC(C)(C)SC(C)(C)C.CCc1cc(Br)cc(CN)c1[N+]#N. The smallest absolute Gasteiger partial charge is 0.326 e. The molecule has 0 atom stereocenters. The van der Waals surface area contributed by atoms with Crippen molar-refractivity contribution >= 4 is 33.4 Å². The van der Waals surface area contributed by atoms with E-state index in [0.717, 1.165) is 22.0 Å². The van der Waals surface area contributed by atoms with Crippen molar-refractivity contribution < 1.29 is 0 Å². The molecule has 0 radical (unpaired) electrons. The highest BCUT2D eigenvalue weighted by Gasteiger charge is 2.20. The third-order valence-corrected chi connectivity index (χ3v) is 4.23. The van der Waals surface area contributed by atoms with Gasteiger partial charge in [0.1, 0.15) is 0 Å². The van der Waals surface area contributed by atoms with Gasteiger partial charge in [0.15, 0.2) is 4.98 Å². The normalized spacial score (nSPS) is 11.5. The molecule has 22 heavy (non-hydrogen) atoms. The van der Waals surface area contributed by atoms with E-state index in [1.807, 2.05) is 30.8 Å². The minimum absolute atomic E-state index is 0.381. The Morgan fingerprint density at radius 3 is 1.82 bits per heavy atom. The van der Waals surface area contributed by atoms with Crippen LogP contribution in [0.1, 0.15) is 59.6 Å². The van der Waals surface area contributed by atoms with Crippen molar-refractivity contribution in [2.45, 2.75) is 70.9 Å². The number of aryl methyl sites for hydroxylation is 1. The molecule has 1 aromatic rings. The van der Waals surface area contributed by atoms with Crippen LogP contribution in [0.5, 0.6) is 0 Å². The van der Waals surface area contributed by atoms with Crippen molar-refractivity contribution in [3.63, 3.8) is 0 Å². The molecule has 0 aliphatic heterocycles. The van der Waals surface area contributed by atoms with Crippen LogP contribution in [0.15, 0.2) is 16.6 Å². The second-order valence-corrected chi connectivity index (χ2v) is 10.6. The van der Waals surface area contributed by atoms with Gasteiger partial charge in [-0.2, -0.15) is 11.8 Å². The fourth-order valence-corrected chi connectivity index (χ4v) is 4.58. The zero-order chi connectivity index (χ0) is 17.6. The van der Waals surface area contributed by atoms with Gasteiger partial charge in [-0.1, -0.05) is 64.4 Å². The van der Waals surface area contributed by atoms with Crippen molar-refractivity contribution in [2.24, 2.45) is 5.73 Å². The van der Waals surface area contributed by atoms with E-state index < -0.39 is 0 Å². The molecule has 1 aromatic carbocycles. The number of thioether (sulfide) groups is 1. The maximum atomic E-state index is 8.81. The molecule has 2 N–H and O–H groups in total. The lowest BCUT2D eigenvalue weighted by Gasteiger charge is -2.28. The monoisotopic (exact) mass is 386 g/mol. The Balaban J connectivity index is 0.000000433. The van der Waals surface area contributed by atoms with E-state index in [-0.39, 0.29) is 0 Å². The number of nitrogens with zero attached hydrogens (tertiary/aromatic N) is 2. The van der Waals surface area contributed by atoms with Crippen LogP contribution in [0.4, 0.5) is 5.69 Å². The molecule has 0 aliphatic carbocycles. The number of hydrogen-bond acceptors (Lipinski definition) is 3. The predicted molar refractivity (Wildman–Crippen MR) is 103 cm³/mol. The molecule has 0 unspecified atom stereocenters. The fourth-order valence-electron chi connectivity index (χ4n) is 2.19. The highest BCUT2D eigenvalue weighted by molar-refractivity contribution is 9.10. The second kappa shape index (κ2) is 8.90. The number of halogens is 1. The Kier molecular flexibility index (Phi) is 8.67. The van der Waals surface area contributed by atoms with Crippen LogP contribution in [0, 0.1) is 5.39 Å². The molecule has 0 saturated heterocycles. The molecule has 1 rings (SSSR count). The van der Waals surface area contributed by atoms with E-state index >= 15 is 0 Å². The van der Waals surface area contributed by atoms with Gasteiger partial charge >= 0.3 is 5.69 Å². The Morgan fingerprint density at radius 1 is 1.09 bits per heavy atom. The number of nitrogens with two attached hydrogens (primary N) is 1. The standard InChI is InChI=1S/C9H11BrN3.C8H18S/c1-2-6-3-8(10)4-7(5-11)9(6)13-12;1-7(2,3)9-8(4,5)6/h3-4H,2,5,11H2,1H3;1-6H3/q+1;. The first-order valence-electron chi connectivity index (χ1n) is 7.50. The van der Waals surface area contributed by atoms with Gasteiger partial charge in [-0.15, -0.1) is 0 Å². The average Bonchev–Trinajstić information content (AvgIpc) is 2.33. The Bertz CT molecular complexity index is 485. The lowest BCUT2D eigenvalue weighted by molar-refractivity contribution is 0.740. The lowest BCUT2D eigenvalue weighted by atomic mass is 10.1. The fraction of sp³-hybridized carbons (Fsp3) is 0.647. The van der Waals surface area contributed by atoms with E-state index in [1.54, 1.807) is 0 Å². The summed E-state index contributed by atoms with van der Waals surface area (Å²) in [5.74, 6) is 0. The van der Waals surface area contributed by atoms with E-state index in [1.165, 1.54) is 0 Å². The molecule has 3 nitrogen and oxygen atoms in total. The van der Waals surface area contributed by atoms with Gasteiger partial charge in [0.2, 0.25) is 5.39 Å². The summed E-state index contributed by atoms with van der Waals surface area (Å²) < 4.78 is 1.77. The lowest BCUT2D eigenvalue weighted by Crippen LogP contribution is -2.19. The summed E-state index contributed by atoms with van der Waals surface area (Å²) in [7, 11) is 0. The highest BCUT2D eigenvalue weighted by Crippen LogP contribution is 2.35. The molecular formula is C17H29BrN3S+. The summed E-state index contributed by atoms with van der Waals surface area (Å²) in [6, 6.07) is 3.81. The first kappa shape index (κ1) is 21.4. The maximum absolute atomic E-state index is 8.81. The summed E-state index contributed by atoms with van der Waals surface area (Å²) in [6.45, 7) is 15.9. The Morgan fingerprint density at radius 2 is 1.55 bits per heavy atom. The molecule has 0 saturated carbocycles. The molecule has 0 fully saturated rings. The van der Waals surface area contributed by atoms with Crippen LogP contribution in [-0.2, 0) is 13.0 Å². The topological polar surface area (TPSA) is 54.2 Å². The van der Waals surface area contributed by atoms with Crippen LogP contribution in [0.2, 0.25) is 0 Å². The first-order chi connectivity index (χ1) is 9.93. The largest absolute Gasteiger partial charge is 0.392 e. The third-order valence-electron chi connectivity index (χ3n) is 2.55. The van der Waals surface area contributed by atoms with Crippen LogP contribution >= 0.6 is 27.7 Å². The zero-order valence-electron chi connectivity index (χ0n) is 14.8.